The van der Waals surface area contributed by atoms with Crippen LogP contribution in [0, 0.1) is 6.92 Å². The minimum absolute atomic E-state index is 0.563. The highest BCUT2D eigenvalue weighted by atomic mass is 16.5. The van der Waals surface area contributed by atoms with Crippen molar-refractivity contribution >= 4 is 0 Å². The Kier molecular flexibility index (Phi) is 3.74. The largest absolute Gasteiger partial charge is 0.488 e. The summed E-state index contributed by atoms with van der Waals surface area (Å²) in [7, 11) is 1.92. The van der Waals surface area contributed by atoms with Gasteiger partial charge >= 0.3 is 0 Å². The van der Waals surface area contributed by atoms with Gasteiger partial charge in [-0.25, -0.2) is 0 Å². The Labute approximate surface area is 119 Å². The fourth-order valence-corrected chi connectivity index (χ4v) is 2.24. The van der Waals surface area contributed by atoms with E-state index in [9.17, 15) is 0 Å². The molecule has 0 atom stereocenters. The zero-order chi connectivity index (χ0) is 13.9. The predicted molar refractivity (Wildman–Crippen MR) is 78.6 cm³/mol. The van der Waals surface area contributed by atoms with Crippen LogP contribution in [-0.4, -0.2) is 15.8 Å². The number of ether oxygens (including phenoxy) is 1. The van der Waals surface area contributed by atoms with Crippen LogP contribution < -0.4 is 10.1 Å². The number of hydrogen-bond donors (Lipinski definition) is 1. The molecule has 106 valence electrons. The van der Waals surface area contributed by atoms with E-state index in [1.54, 1.807) is 4.68 Å². The summed E-state index contributed by atoms with van der Waals surface area (Å²) in [5, 5.41) is 7.70. The molecule has 0 saturated heterocycles. The maximum Gasteiger partial charge on any atom is 0.124 e. The first-order chi connectivity index (χ1) is 9.70. The van der Waals surface area contributed by atoms with Crippen molar-refractivity contribution in [3.05, 3.63) is 47.3 Å². The van der Waals surface area contributed by atoms with Crippen molar-refractivity contribution in [1.29, 1.82) is 0 Å². The van der Waals surface area contributed by atoms with Crippen LogP contribution in [0.5, 0.6) is 5.75 Å². The summed E-state index contributed by atoms with van der Waals surface area (Å²) in [5.74, 6) is 0.965. The Morgan fingerprint density at radius 2 is 2.25 bits per heavy atom. The minimum Gasteiger partial charge on any atom is -0.488 e. The van der Waals surface area contributed by atoms with E-state index >= 15 is 0 Å². The molecule has 0 bridgehead atoms. The van der Waals surface area contributed by atoms with Crippen molar-refractivity contribution < 1.29 is 4.74 Å². The molecule has 0 amide bonds. The third kappa shape index (κ3) is 3.39. The number of aryl methyl sites for hydroxylation is 2. The number of nitrogens with one attached hydrogen (secondary N) is 1. The summed E-state index contributed by atoms with van der Waals surface area (Å²) in [5.41, 5.74) is 3.60. The minimum atomic E-state index is 0.563. The third-order valence-corrected chi connectivity index (χ3v) is 3.53. The van der Waals surface area contributed by atoms with Crippen molar-refractivity contribution in [2.24, 2.45) is 7.05 Å². The quantitative estimate of drug-likeness (QED) is 0.877. The van der Waals surface area contributed by atoms with E-state index < -0.39 is 0 Å². The van der Waals surface area contributed by atoms with Gasteiger partial charge < -0.3 is 10.1 Å². The Balaban J connectivity index is 1.66. The smallest absolute Gasteiger partial charge is 0.124 e. The van der Waals surface area contributed by atoms with Crippen molar-refractivity contribution in [2.45, 2.75) is 39.0 Å². The lowest BCUT2D eigenvalue weighted by Gasteiger charge is -2.12. The van der Waals surface area contributed by atoms with E-state index in [1.165, 1.54) is 24.0 Å². The normalized spacial score (nSPS) is 14.5. The van der Waals surface area contributed by atoms with Crippen LogP contribution in [-0.2, 0) is 20.2 Å². The monoisotopic (exact) mass is 271 g/mol. The first-order valence-electron chi connectivity index (χ1n) is 7.14. The lowest BCUT2D eigenvalue weighted by atomic mass is 10.1. The molecule has 1 saturated carbocycles. The van der Waals surface area contributed by atoms with Gasteiger partial charge in [-0.2, -0.15) is 5.10 Å². The molecule has 4 heteroatoms. The molecular formula is C16H21N3O. The molecule has 0 radical (unpaired) electrons. The molecule has 4 nitrogen and oxygen atoms in total. The molecule has 1 aliphatic rings. The first-order valence-corrected chi connectivity index (χ1v) is 7.14. The van der Waals surface area contributed by atoms with Gasteiger partial charge in [-0.3, -0.25) is 4.68 Å². The summed E-state index contributed by atoms with van der Waals surface area (Å²) in [6.07, 6.45) is 6.43. The molecule has 0 spiro atoms. The Morgan fingerprint density at radius 3 is 2.95 bits per heavy atom. The molecular weight excluding hydrogens is 250 g/mol. The fourth-order valence-electron chi connectivity index (χ4n) is 2.24. The van der Waals surface area contributed by atoms with Crippen molar-refractivity contribution in [3.63, 3.8) is 0 Å². The topological polar surface area (TPSA) is 39.1 Å². The summed E-state index contributed by atoms with van der Waals surface area (Å²) >= 11 is 0. The van der Waals surface area contributed by atoms with Gasteiger partial charge in [0.15, 0.2) is 0 Å². The maximum absolute atomic E-state index is 5.95. The van der Waals surface area contributed by atoms with Gasteiger partial charge in [-0.05, 0) is 25.8 Å². The second-order valence-electron chi connectivity index (χ2n) is 5.58. The molecule has 0 unspecified atom stereocenters. The molecule has 1 N–H and O–H groups in total. The van der Waals surface area contributed by atoms with Crippen molar-refractivity contribution in [2.75, 3.05) is 0 Å². The van der Waals surface area contributed by atoms with Gasteiger partial charge in [0.05, 0.1) is 6.20 Å². The van der Waals surface area contributed by atoms with Crippen LogP contribution in [0.1, 0.15) is 29.5 Å². The average molecular weight is 271 g/mol. The van der Waals surface area contributed by atoms with Crippen LogP contribution in [0.4, 0.5) is 0 Å². The number of rotatable bonds is 6. The number of nitrogens with zero attached hydrogens (tertiary/aromatic N) is 2. The lowest BCUT2D eigenvalue weighted by Crippen LogP contribution is -2.16. The summed E-state index contributed by atoms with van der Waals surface area (Å²) in [6, 6.07) is 7.07. The Hall–Kier alpha value is -1.81. The molecule has 1 aromatic carbocycles. The van der Waals surface area contributed by atoms with Crippen LogP contribution in [0.3, 0.4) is 0 Å². The van der Waals surface area contributed by atoms with E-state index in [0.29, 0.717) is 12.6 Å². The molecule has 1 aromatic heterocycles. The van der Waals surface area contributed by atoms with E-state index in [2.05, 4.69) is 35.5 Å². The number of hydrogen-bond acceptors (Lipinski definition) is 3. The number of aromatic nitrogens is 2. The lowest BCUT2D eigenvalue weighted by molar-refractivity contribution is 0.302. The Morgan fingerprint density at radius 1 is 1.40 bits per heavy atom. The highest BCUT2D eigenvalue weighted by Crippen LogP contribution is 2.24. The number of benzene rings is 1. The van der Waals surface area contributed by atoms with Gasteiger partial charge in [-0.1, -0.05) is 17.7 Å². The Bertz CT molecular complexity index is 587. The molecule has 3 rings (SSSR count). The first kappa shape index (κ1) is 13.2. The molecule has 20 heavy (non-hydrogen) atoms. The van der Waals surface area contributed by atoms with Gasteiger partial charge in [0.25, 0.3) is 0 Å². The highest BCUT2D eigenvalue weighted by molar-refractivity contribution is 5.37. The SMILES string of the molecule is Cc1ccc(OCc2cnn(C)c2)c(CNC2CC2)c1. The van der Waals surface area contributed by atoms with Crippen LogP contribution in [0.15, 0.2) is 30.6 Å². The summed E-state index contributed by atoms with van der Waals surface area (Å²) < 4.78 is 7.75. The molecule has 0 aliphatic heterocycles. The maximum atomic E-state index is 5.95. The second-order valence-corrected chi connectivity index (χ2v) is 5.58. The highest BCUT2D eigenvalue weighted by Gasteiger charge is 2.20. The van der Waals surface area contributed by atoms with Gasteiger partial charge in [0, 0.05) is 37.0 Å². The van der Waals surface area contributed by atoms with Crippen LogP contribution in [0.2, 0.25) is 0 Å². The van der Waals surface area contributed by atoms with Crippen molar-refractivity contribution in [1.82, 2.24) is 15.1 Å². The van der Waals surface area contributed by atoms with E-state index in [1.807, 2.05) is 19.4 Å². The van der Waals surface area contributed by atoms with Gasteiger partial charge in [0.1, 0.15) is 12.4 Å². The summed E-state index contributed by atoms with van der Waals surface area (Å²) in [6.45, 7) is 3.56. The molecule has 1 fully saturated rings. The molecule has 1 aliphatic carbocycles. The zero-order valence-electron chi connectivity index (χ0n) is 12.1. The zero-order valence-corrected chi connectivity index (χ0v) is 12.1. The fraction of sp³-hybridized carbons (Fsp3) is 0.438. The summed E-state index contributed by atoms with van der Waals surface area (Å²) in [4.78, 5) is 0. The van der Waals surface area contributed by atoms with Gasteiger partial charge in [-0.15, -0.1) is 0 Å². The van der Waals surface area contributed by atoms with Crippen LogP contribution in [0.25, 0.3) is 0 Å². The molecule has 2 aromatic rings. The van der Waals surface area contributed by atoms with Gasteiger partial charge in [0.2, 0.25) is 0 Å². The van der Waals surface area contributed by atoms with E-state index in [-0.39, 0.29) is 0 Å². The third-order valence-electron chi connectivity index (χ3n) is 3.53. The van der Waals surface area contributed by atoms with E-state index in [0.717, 1.165) is 17.9 Å². The van der Waals surface area contributed by atoms with E-state index in [4.69, 9.17) is 4.74 Å². The second kappa shape index (κ2) is 5.67. The average Bonchev–Trinajstić information content (AvgIpc) is 3.17. The predicted octanol–water partition coefficient (Wildman–Crippen LogP) is 2.56. The molecule has 1 heterocycles. The standard InChI is InChI=1S/C16H21N3O/c1-12-3-6-16(14(7-12)9-17-15-4-5-15)20-11-13-8-18-19(2)10-13/h3,6-8,10,15,17H,4-5,9,11H2,1-2H3. The van der Waals surface area contributed by atoms with Crippen molar-refractivity contribution in [3.8, 4) is 5.75 Å². The van der Waals surface area contributed by atoms with Crippen LogP contribution >= 0.6 is 0 Å².